The molecule has 7 nitrogen and oxygen atoms in total. The molecule has 2 aliphatic rings. The highest BCUT2D eigenvalue weighted by Gasteiger charge is 2.42. The van der Waals surface area contributed by atoms with Gasteiger partial charge >= 0.3 is 0 Å². The van der Waals surface area contributed by atoms with Crippen LogP contribution in [-0.2, 0) is 19.3 Å². The summed E-state index contributed by atoms with van der Waals surface area (Å²) in [5, 5.41) is 3.28. The number of pyridine rings is 1. The average Bonchev–Trinajstić information content (AvgIpc) is 2.52. The lowest BCUT2D eigenvalue weighted by Gasteiger charge is -2.49. The van der Waals surface area contributed by atoms with Crippen molar-refractivity contribution in [2.75, 3.05) is 57.6 Å². The third-order valence-electron chi connectivity index (χ3n) is 4.19. The number of hydrogen-bond acceptors (Lipinski definition) is 7. The fourth-order valence-corrected chi connectivity index (χ4v) is 3.42. The van der Waals surface area contributed by atoms with Crippen molar-refractivity contribution in [1.29, 1.82) is 0 Å². The van der Waals surface area contributed by atoms with Crippen molar-refractivity contribution in [1.82, 2.24) is 9.88 Å². The van der Waals surface area contributed by atoms with Crippen LogP contribution in [0.5, 0.6) is 0 Å². The SMILES string of the molecule is CS(=O)(=O)c1ccc(NCC23COCCN2CCOC3)nc1. The molecule has 0 saturated carbocycles. The number of fused-ring (bicyclic) bond motifs is 1. The molecular weight excluding hydrogens is 306 g/mol. The molecule has 2 aliphatic heterocycles. The number of nitrogens with zero attached hydrogens (tertiary/aromatic N) is 2. The third kappa shape index (κ3) is 3.24. The number of sulfone groups is 1. The summed E-state index contributed by atoms with van der Waals surface area (Å²) in [5.41, 5.74) is -0.173. The molecule has 1 aromatic heterocycles. The average molecular weight is 327 g/mol. The molecule has 0 spiro atoms. The van der Waals surface area contributed by atoms with E-state index in [2.05, 4.69) is 15.2 Å². The Labute approximate surface area is 130 Å². The van der Waals surface area contributed by atoms with Gasteiger partial charge in [-0.05, 0) is 12.1 Å². The maximum atomic E-state index is 11.4. The van der Waals surface area contributed by atoms with Crippen LogP contribution in [0.4, 0.5) is 5.82 Å². The molecule has 3 heterocycles. The first-order valence-corrected chi connectivity index (χ1v) is 9.19. The van der Waals surface area contributed by atoms with Gasteiger partial charge in [0.15, 0.2) is 9.84 Å². The van der Waals surface area contributed by atoms with Gasteiger partial charge in [0.05, 0.1) is 36.9 Å². The minimum absolute atomic E-state index is 0.173. The molecular formula is C14H21N3O4S. The number of rotatable bonds is 4. The highest BCUT2D eigenvalue weighted by Crippen LogP contribution is 2.24. The van der Waals surface area contributed by atoms with Gasteiger partial charge in [-0.15, -0.1) is 0 Å². The normalized spacial score (nSPS) is 22.0. The molecule has 0 amide bonds. The van der Waals surface area contributed by atoms with Gasteiger partial charge < -0.3 is 14.8 Å². The first-order valence-electron chi connectivity index (χ1n) is 7.30. The summed E-state index contributed by atoms with van der Waals surface area (Å²) in [5.74, 6) is 0.651. The van der Waals surface area contributed by atoms with Crippen LogP contribution in [-0.4, -0.2) is 76.2 Å². The highest BCUT2D eigenvalue weighted by atomic mass is 32.2. The van der Waals surface area contributed by atoms with Crippen molar-refractivity contribution in [3.05, 3.63) is 18.3 Å². The Hall–Kier alpha value is -1.22. The van der Waals surface area contributed by atoms with Crippen LogP contribution >= 0.6 is 0 Å². The Morgan fingerprint density at radius 1 is 1.27 bits per heavy atom. The summed E-state index contributed by atoms with van der Waals surface area (Å²) in [6, 6.07) is 3.25. The zero-order valence-corrected chi connectivity index (χ0v) is 13.4. The monoisotopic (exact) mass is 327 g/mol. The molecule has 22 heavy (non-hydrogen) atoms. The lowest BCUT2D eigenvalue weighted by Crippen LogP contribution is -2.66. The number of hydrogen-bond donors (Lipinski definition) is 1. The fraction of sp³-hybridized carbons (Fsp3) is 0.643. The lowest BCUT2D eigenvalue weighted by atomic mass is 9.96. The Bertz CT molecular complexity index is 605. The topological polar surface area (TPSA) is 80.8 Å². The zero-order valence-electron chi connectivity index (χ0n) is 12.6. The summed E-state index contributed by atoms with van der Waals surface area (Å²) in [6.45, 7) is 5.23. The zero-order chi connectivity index (χ0) is 15.6. The molecule has 1 aromatic rings. The van der Waals surface area contributed by atoms with Crippen LogP contribution < -0.4 is 5.32 Å². The van der Waals surface area contributed by atoms with E-state index in [4.69, 9.17) is 9.47 Å². The maximum Gasteiger partial charge on any atom is 0.177 e. The molecule has 0 unspecified atom stereocenters. The van der Waals surface area contributed by atoms with E-state index in [1.807, 2.05) is 0 Å². The summed E-state index contributed by atoms with van der Waals surface area (Å²) in [6.07, 6.45) is 2.55. The smallest absolute Gasteiger partial charge is 0.177 e. The molecule has 3 rings (SSSR count). The molecule has 0 aromatic carbocycles. The van der Waals surface area contributed by atoms with Gasteiger partial charge in [0.25, 0.3) is 0 Å². The van der Waals surface area contributed by atoms with Gasteiger partial charge in [-0.3, -0.25) is 4.90 Å². The van der Waals surface area contributed by atoms with E-state index in [1.54, 1.807) is 12.1 Å². The molecule has 2 saturated heterocycles. The van der Waals surface area contributed by atoms with Gasteiger partial charge in [-0.2, -0.15) is 0 Å². The fourth-order valence-electron chi connectivity index (χ4n) is 2.86. The van der Waals surface area contributed by atoms with Gasteiger partial charge in [0.1, 0.15) is 5.82 Å². The van der Waals surface area contributed by atoms with Crippen LogP contribution in [0.25, 0.3) is 0 Å². The number of nitrogens with one attached hydrogen (secondary N) is 1. The minimum atomic E-state index is -3.21. The molecule has 0 aliphatic carbocycles. The number of morpholine rings is 2. The Morgan fingerprint density at radius 2 is 1.95 bits per heavy atom. The Kier molecular flexibility index (Phi) is 4.35. The van der Waals surface area contributed by atoms with Crippen molar-refractivity contribution in [3.8, 4) is 0 Å². The Morgan fingerprint density at radius 3 is 2.50 bits per heavy atom. The van der Waals surface area contributed by atoms with Crippen LogP contribution in [0.15, 0.2) is 23.2 Å². The van der Waals surface area contributed by atoms with Crippen LogP contribution in [0.1, 0.15) is 0 Å². The molecule has 0 bridgehead atoms. The first-order chi connectivity index (χ1) is 10.5. The summed E-state index contributed by atoms with van der Waals surface area (Å²) < 4.78 is 34.1. The van der Waals surface area contributed by atoms with E-state index < -0.39 is 9.84 Å². The highest BCUT2D eigenvalue weighted by molar-refractivity contribution is 7.90. The predicted octanol–water partition coefficient (Wildman–Crippen LogP) is -0.00180. The second-order valence-corrected chi connectivity index (χ2v) is 7.84. The first kappa shape index (κ1) is 15.7. The predicted molar refractivity (Wildman–Crippen MR) is 81.8 cm³/mol. The molecule has 0 atom stereocenters. The number of anilines is 1. The summed E-state index contributed by atoms with van der Waals surface area (Å²) >= 11 is 0. The molecule has 1 N–H and O–H groups in total. The summed E-state index contributed by atoms with van der Waals surface area (Å²) in [7, 11) is -3.21. The summed E-state index contributed by atoms with van der Waals surface area (Å²) in [4.78, 5) is 6.80. The van der Waals surface area contributed by atoms with Gasteiger partial charge in [0, 0.05) is 32.1 Å². The molecule has 0 radical (unpaired) electrons. The van der Waals surface area contributed by atoms with Crippen molar-refractivity contribution in [2.24, 2.45) is 0 Å². The molecule has 122 valence electrons. The van der Waals surface area contributed by atoms with Crippen molar-refractivity contribution in [3.63, 3.8) is 0 Å². The van der Waals surface area contributed by atoms with E-state index >= 15 is 0 Å². The minimum Gasteiger partial charge on any atom is -0.378 e. The van der Waals surface area contributed by atoms with E-state index in [0.717, 1.165) is 26.3 Å². The van der Waals surface area contributed by atoms with Crippen LogP contribution in [0.3, 0.4) is 0 Å². The second kappa shape index (κ2) is 6.11. The van der Waals surface area contributed by atoms with E-state index in [0.29, 0.717) is 25.6 Å². The lowest BCUT2D eigenvalue weighted by molar-refractivity contribution is -0.135. The van der Waals surface area contributed by atoms with Gasteiger partial charge in [-0.1, -0.05) is 0 Å². The third-order valence-corrected chi connectivity index (χ3v) is 5.28. The van der Waals surface area contributed by atoms with E-state index in [1.165, 1.54) is 12.5 Å². The van der Waals surface area contributed by atoms with E-state index in [9.17, 15) is 8.42 Å². The number of aromatic nitrogens is 1. The van der Waals surface area contributed by atoms with E-state index in [-0.39, 0.29) is 10.4 Å². The second-order valence-electron chi connectivity index (χ2n) is 5.82. The van der Waals surface area contributed by atoms with Crippen LogP contribution in [0.2, 0.25) is 0 Å². The van der Waals surface area contributed by atoms with Crippen molar-refractivity contribution in [2.45, 2.75) is 10.4 Å². The van der Waals surface area contributed by atoms with Crippen molar-refractivity contribution >= 4 is 15.7 Å². The standard InChI is InChI=1S/C14H21N3O4S/c1-22(18,19)12-2-3-13(15-8-12)16-9-14-10-20-6-4-17(14)5-7-21-11-14/h2-3,8H,4-7,9-11H2,1H3,(H,15,16). The van der Waals surface area contributed by atoms with Crippen molar-refractivity contribution < 1.29 is 17.9 Å². The van der Waals surface area contributed by atoms with Crippen LogP contribution in [0, 0.1) is 0 Å². The molecule has 2 fully saturated rings. The maximum absolute atomic E-state index is 11.4. The number of ether oxygens (including phenoxy) is 2. The van der Waals surface area contributed by atoms with Gasteiger partial charge in [0.2, 0.25) is 0 Å². The quantitative estimate of drug-likeness (QED) is 0.833. The Balaban J connectivity index is 1.68. The largest absolute Gasteiger partial charge is 0.378 e. The molecule has 8 heteroatoms. The van der Waals surface area contributed by atoms with Gasteiger partial charge in [-0.25, -0.2) is 13.4 Å².